The topological polar surface area (TPSA) is 65.2 Å². The molecule has 0 atom stereocenters. The standard InChI is InChI=1S/C19H23N5O2/c1-4-6-13-23-15-16(20-18(23)22-11-9-8-10-12-22)21-19(26-3)24(17(15)25)14-7-5-2/h8-14H2,1-3H3. The van der Waals surface area contributed by atoms with Gasteiger partial charge in [-0.05, 0) is 33.1 Å². The quantitative estimate of drug-likeness (QED) is 0.782. The monoisotopic (exact) mass is 353 g/mol. The number of rotatable bonds is 4. The molecule has 3 rings (SSSR count). The minimum absolute atomic E-state index is 0.205. The van der Waals surface area contributed by atoms with E-state index in [9.17, 15) is 4.79 Å². The first-order valence-electron chi connectivity index (χ1n) is 8.80. The third-order valence-electron chi connectivity index (χ3n) is 4.46. The number of fused-ring (bicyclic) bond motifs is 1. The van der Waals surface area contributed by atoms with Gasteiger partial charge in [-0.2, -0.15) is 9.97 Å². The minimum Gasteiger partial charge on any atom is -0.468 e. The highest BCUT2D eigenvalue weighted by molar-refractivity contribution is 5.74. The molecule has 7 heteroatoms. The average Bonchev–Trinajstić information content (AvgIpc) is 3.04. The van der Waals surface area contributed by atoms with Gasteiger partial charge in [0, 0.05) is 13.1 Å². The Labute approximate surface area is 153 Å². The number of imidazole rings is 1. The van der Waals surface area contributed by atoms with Gasteiger partial charge in [-0.25, -0.2) is 4.57 Å². The molecule has 0 spiro atoms. The van der Waals surface area contributed by atoms with E-state index in [2.05, 4.69) is 38.5 Å². The maximum atomic E-state index is 13.1. The van der Waals surface area contributed by atoms with Crippen LogP contribution in [-0.4, -0.2) is 39.3 Å². The summed E-state index contributed by atoms with van der Waals surface area (Å²) in [4.78, 5) is 24.5. The molecule has 2 aromatic rings. The van der Waals surface area contributed by atoms with Gasteiger partial charge in [-0.1, -0.05) is 11.8 Å². The molecule has 0 N–H and O–H groups in total. The number of hydrogen-bond donors (Lipinski definition) is 0. The summed E-state index contributed by atoms with van der Waals surface area (Å²) in [5.41, 5.74) is 0.640. The fourth-order valence-electron chi connectivity index (χ4n) is 3.18. The summed E-state index contributed by atoms with van der Waals surface area (Å²) in [5.74, 6) is 12.4. The first-order chi connectivity index (χ1) is 12.7. The fourth-order valence-corrected chi connectivity index (χ4v) is 3.18. The third kappa shape index (κ3) is 3.25. The molecule has 0 radical (unpaired) electrons. The van der Waals surface area contributed by atoms with E-state index in [1.165, 1.54) is 18.1 Å². The lowest BCUT2D eigenvalue weighted by Crippen LogP contribution is -2.32. The maximum absolute atomic E-state index is 13.1. The molecule has 0 aromatic carbocycles. The number of ether oxygens (including phenoxy) is 1. The summed E-state index contributed by atoms with van der Waals surface area (Å²) in [5, 5.41) is 0. The van der Waals surface area contributed by atoms with Crippen LogP contribution in [0.25, 0.3) is 11.2 Å². The van der Waals surface area contributed by atoms with Crippen molar-refractivity contribution in [1.29, 1.82) is 0 Å². The van der Waals surface area contributed by atoms with Crippen molar-refractivity contribution in [2.75, 3.05) is 25.1 Å². The van der Waals surface area contributed by atoms with Crippen LogP contribution in [0.3, 0.4) is 0 Å². The van der Waals surface area contributed by atoms with Crippen molar-refractivity contribution >= 4 is 17.1 Å². The molecule has 1 fully saturated rings. The molecule has 0 bridgehead atoms. The van der Waals surface area contributed by atoms with Crippen molar-refractivity contribution in [3.8, 4) is 29.7 Å². The zero-order chi connectivity index (χ0) is 18.5. The van der Waals surface area contributed by atoms with Crippen molar-refractivity contribution in [3.05, 3.63) is 10.4 Å². The van der Waals surface area contributed by atoms with Crippen LogP contribution < -0.4 is 15.2 Å². The number of hydrogen-bond acceptors (Lipinski definition) is 5. The Morgan fingerprint density at radius 2 is 1.65 bits per heavy atom. The van der Waals surface area contributed by atoms with Crippen LogP contribution in [0, 0.1) is 23.7 Å². The minimum atomic E-state index is -0.205. The third-order valence-corrected chi connectivity index (χ3v) is 4.46. The molecule has 0 saturated carbocycles. The molecule has 2 aromatic heterocycles. The SMILES string of the molecule is CC#CCn1c(OC)nc2nc(N3CCCCC3)n(CC#CC)c2c1=O. The summed E-state index contributed by atoms with van der Waals surface area (Å²) >= 11 is 0. The second kappa shape index (κ2) is 7.97. The smallest absolute Gasteiger partial charge is 0.301 e. The lowest BCUT2D eigenvalue weighted by Gasteiger charge is -2.27. The number of anilines is 1. The zero-order valence-electron chi connectivity index (χ0n) is 15.5. The Morgan fingerprint density at radius 3 is 2.27 bits per heavy atom. The number of methoxy groups -OCH3 is 1. The van der Waals surface area contributed by atoms with Gasteiger partial charge in [-0.15, -0.1) is 11.8 Å². The highest BCUT2D eigenvalue weighted by Crippen LogP contribution is 2.23. The van der Waals surface area contributed by atoms with Crippen LogP contribution in [0.15, 0.2) is 4.79 Å². The van der Waals surface area contributed by atoms with Gasteiger partial charge in [0.15, 0.2) is 11.2 Å². The van der Waals surface area contributed by atoms with E-state index in [4.69, 9.17) is 4.74 Å². The number of nitrogens with zero attached hydrogens (tertiary/aromatic N) is 5. The lowest BCUT2D eigenvalue weighted by atomic mass is 10.1. The number of aromatic nitrogens is 4. The maximum Gasteiger partial charge on any atom is 0.301 e. The Morgan fingerprint density at radius 1 is 1.00 bits per heavy atom. The van der Waals surface area contributed by atoms with Crippen LogP contribution in [0.1, 0.15) is 33.1 Å². The van der Waals surface area contributed by atoms with E-state index < -0.39 is 0 Å². The first-order valence-corrected chi connectivity index (χ1v) is 8.80. The molecule has 0 amide bonds. The van der Waals surface area contributed by atoms with Gasteiger partial charge in [0.25, 0.3) is 5.56 Å². The molecule has 7 nitrogen and oxygen atoms in total. The summed E-state index contributed by atoms with van der Waals surface area (Å²) < 4.78 is 8.62. The van der Waals surface area contributed by atoms with Gasteiger partial charge >= 0.3 is 6.01 Å². The lowest BCUT2D eigenvalue weighted by molar-refractivity contribution is 0.355. The highest BCUT2D eigenvalue weighted by Gasteiger charge is 2.23. The van der Waals surface area contributed by atoms with Gasteiger partial charge in [0.2, 0.25) is 5.95 Å². The fraction of sp³-hybridized carbons (Fsp3) is 0.526. The van der Waals surface area contributed by atoms with Crippen LogP contribution >= 0.6 is 0 Å². The van der Waals surface area contributed by atoms with Crippen LogP contribution in [-0.2, 0) is 13.1 Å². The molecule has 1 saturated heterocycles. The summed E-state index contributed by atoms with van der Waals surface area (Å²) in [6, 6.07) is 0.224. The predicted molar refractivity (Wildman–Crippen MR) is 101 cm³/mol. The van der Waals surface area contributed by atoms with E-state index in [1.807, 2.05) is 4.57 Å². The molecule has 3 heterocycles. The molecule has 136 valence electrons. The normalized spacial score (nSPS) is 13.7. The predicted octanol–water partition coefficient (Wildman–Crippen LogP) is 1.64. The van der Waals surface area contributed by atoms with E-state index in [0.717, 1.165) is 31.9 Å². The van der Waals surface area contributed by atoms with Crippen LogP contribution in [0.4, 0.5) is 5.95 Å². The van der Waals surface area contributed by atoms with E-state index in [-0.39, 0.29) is 18.1 Å². The van der Waals surface area contributed by atoms with Crippen molar-refractivity contribution in [2.45, 2.75) is 46.2 Å². The van der Waals surface area contributed by atoms with Gasteiger partial charge in [0.1, 0.15) is 0 Å². The Kier molecular flexibility index (Phi) is 5.48. The molecular formula is C19H23N5O2. The molecule has 26 heavy (non-hydrogen) atoms. The van der Waals surface area contributed by atoms with Gasteiger partial charge in [-0.3, -0.25) is 9.36 Å². The van der Waals surface area contributed by atoms with E-state index in [1.54, 1.807) is 13.8 Å². The largest absolute Gasteiger partial charge is 0.468 e. The number of piperidine rings is 1. The summed E-state index contributed by atoms with van der Waals surface area (Å²) in [6.45, 7) is 6.01. The van der Waals surface area contributed by atoms with Crippen molar-refractivity contribution in [1.82, 2.24) is 19.1 Å². The highest BCUT2D eigenvalue weighted by atomic mass is 16.5. The zero-order valence-corrected chi connectivity index (χ0v) is 15.5. The first kappa shape index (κ1) is 17.9. The Bertz CT molecular complexity index is 975. The summed E-state index contributed by atoms with van der Waals surface area (Å²) in [7, 11) is 1.49. The second-order valence-corrected chi connectivity index (χ2v) is 6.06. The average molecular weight is 353 g/mol. The Balaban J connectivity index is 2.24. The molecular weight excluding hydrogens is 330 g/mol. The van der Waals surface area contributed by atoms with Gasteiger partial charge < -0.3 is 9.64 Å². The van der Waals surface area contributed by atoms with E-state index in [0.29, 0.717) is 17.7 Å². The molecule has 1 aliphatic heterocycles. The van der Waals surface area contributed by atoms with Crippen LogP contribution in [0.5, 0.6) is 6.01 Å². The van der Waals surface area contributed by atoms with Crippen molar-refractivity contribution in [2.24, 2.45) is 0 Å². The molecule has 0 unspecified atom stereocenters. The van der Waals surface area contributed by atoms with Crippen LogP contribution in [0.2, 0.25) is 0 Å². The molecule has 1 aliphatic rings. The Hall–Kier alpha value is -2.93. The van der Waals surface area contributed by atoms with E-state index >= 15 is 0 Å². The van der Waals surface area contributed by atoms with Gasteiger partial charge in [0.05, 0.1) is 20.2 Å². The molecule has 0 aliphatic carbocycles. The van der Waals surface area contributed by atoms with Crippen molar-refractivity contribution < 1.29 is 4.74 Å². The summed E-state index contributed by atoms with van der Waals surface area (Å²) in [6.07, 6.45) is 3.46. The van der Waals surface area contributed by atoms with Crippen molar-refractivity contribution in [3.63, 3.8) is 0 Å². The second-order valence-electron chi connectivity index (χ2n) is 6.06.